The molecule has 3 heteroatoms. The van der Waals surface area contributed by atoms with Crippen LogP contribution in [0.5, 0.6) is 0 Å². The third kappa shape index (κ3) is 3.38. The molecule has 0 spiro atoms. The van der Waals surface area contributed by atoms with Crippen molar-refractivity contribution in [2.24, 2.45) is 5.92 Å². The highest BCUT2D eigenvalue weighted by Gasteiger charge is 2.37. The van der Waals surface area contributed by atoms with Crippen LogP contribution in [0.25, 0.3) is 0 Å². The van der Waals surface area contributed by atoms with Gasteiger partial charge in [0.1, 0.15) is 0 Å². The molecular formula is C17H24F2O. The number of aliphatic hydroxyl groups is 1. The van der Waals surface area contributed by atoms with Crippen LogP contribution in [0.4, 0.5) is 8.78 Å². The van der Waals surface area contributed by atoms with Crippen LogP contribution in [0.2, 0.25) is 0 Å². The summed E-state index contributed by atoms with van der Waals surface area (Å²) < 4.78 is 27.1. The highest BCUT2D eigenvalue weighted by atomic mass is 19.2. The standard InChI is InChI=1S/C17H24F2O/c1-2-3-4-6-13-9-11-17(20,12-10-13)14-7-5-8-15(18)16(14)19/h5,7-8,13,20H,2-4,6,9-12H2,1H3. The molecule has 0 heterocycles. The van der Waals surface area contributed by atoms with Crippen molar-refractivity contribution in [3.05, 3.63) is 35.4 Å². The monoisotopic (exact) mass is 282 g/mol. The average Bonchev–Trinajstić information content (AvgIpc) is 2.44. The van der Waals surface area contributed by atoms with Gasteiger partial charge in [0, 0.05) is 5.56 Å². The number of hydrogen-bond acceptors (Lipinski definition) is 1. The first kappa shape index (κ1) is 15.4. The number of benzene rings is 1. The van der Waals surface area contributed by atoms with E-state index in [0.29, 0.717) is 18.8 Å². The Labute approximate surface area is 120 Å². The quantitative estimate of drug-likeness (QED) is 0.760. The maximum atomic E-state index is 13.8. The van der Waals surface area contributed by atoms with E-state index in [1.54, 1.807) is 0 Å². The van der Waals surface area contributed by atoms with Crippen LogP contribution in [0, 0.1) is 17.6 Å². The van der Waals surface area contributed by atoms with Gasteiger partial charge in [0.05, 0.1) is 5.60 Å². The molecule has 0 unspecified atom stereocenters. The van der Waals surface area contributed by atoms with Crippen LogP contribution in [0.1, 0.15) is 63.9 Å². The molecule has 0 atom stereocenters. The minimum atomic E-state index is -1.19. The lowest BCUT2D eigenvalue weighted by Gasteiger charge is -2.36. The summed E-state index contributed by atoms with van der Waals surface area (Å²) in [7, 11) is 0. The van der Waals surface area contributed by atoms with Gasteiger partial charge in [-0.05, 0) is 37.7 Å². The first-order valence-corrected chi connectivity index (χ1v) is 7.73. The third-order valence-corrected chi connectivity index (χ3v) is 4.60. The summed E-state index contributed by atoms with van der Waals surface area (Å²) in [6.07, 6.45) is 7.74. The summed E-state index contributed by atoms with van der Waals surface area (Å²) in [5.41, 5.74) is -1.06. The first-order valence-electron chi connectivity index (χ1n) is 7.73. The third-order valence-electron chi connectivity index (χ3n) is 4.60. The summed E-state index contributed by atoms with van der Waals surface area (Å²) in [6.45, 7) is 2.19. The zero-order chi connectivity index (χ0) is 14.6. The minimum Gasteiger partial charge on any atom is -0.385 e. The summed E-state index contributed by atoms with van der Waals surface area (Å²) in [4.78, 5) is 0. The molecular weight excluding hydrogens is 258 g/mol. The Balaban J connectivity index is 1.99. The van der Waals surface area contributed by atoms with Crippen LogP contribution in [-0.2, 0) is 5.60 Å². The van der Waals surface area contributed by atoms with Crippen LogP contribution in [0.3, 0.4) is 0 Å². The van der Waals surface area contributed by atoms with Crippen molar-refractivity contribution in [2.45, 2.75) is 63.9 Å². The Morgan fingerprint density at radius 3 is 2.55 bits per heavy atom. The van der Waals surface area contributed by atoms with Gasteiger partial charge in [-0.15, -0.1) is 0 Å². The van der Waals surface area contributed by atoms with Crippen molar-refractivity contribution in [3.63, 3.8) is 0 Å². The second-order valence-electron chi connectivity index (χ2n) is 6.07. The van der Waals surface area contributed by atoms with Crippen molar-refractivity contribution in [3.8, 4) is 0 Å². The Hall–Kier alpha value is -0.960. The van der Waals surface area contributed by atoms with E-state index in [2.05, 4.69) is 6.92 Å². The zero-order valence-corrected chi connectivity index (χ0v) is 12.2. The lowest BCUT2D eigenvalue weighted by molar-refractivity contribution is -0.0187. The van der Waals surface area contributed by atoms with E-state index in [9.17, 15) is 13.9 Å². The topological polar surface area (TPSA) is 20.2 Å². The molecule has 1 nitrogen and oxygen atoms in total. The van der Waals surface area contributed by atoms with Gasteiger partial charge in [0.25, 0.3) is 0 Å². The molecule has 0 bridgehead atoms. The first-order chi connectivity index (χ1) is 9.57. The zero-order valence-electron chi connectivity index (χ0n) is 12.2. The van der Waals surface area contributed by atoms with Gasteiger partial charge in [-0.2, -0.15) is 0 Å². The van der Waals surface area contributed by atoms with Crippen molar-refractivity contribution in [1.82, 2.24) is 0 Å². The average molecular weight is 282 g/mol. The normalized spacial score (nSPS) is 26.7. The van der Waals surface area contributed by atoms with E-state index >= 15 is 0 Å². The molecule has 1 aliphatic rings. The lowest BCUT2D eigenvalue weighted by atomic mass is 9.73. The number of hydrogen-bond donors (Lipinski definition) is 1. The maximum absolute atomic E-state index is 13.8. The molecule has 112 valence electrons. The van der Waals surface area contributed by atoms with Crippen LogP contribution in [0.15, 0.2) is 18.2 Å². The molecule has 1 aromatic rings. The Morgan fingerprint density at radius 1 is 1.20 bits per heavy atom. The van der Waals surface area contributed by atoms with Crippen molar-refractivity contribution >= 4 is 0 Å². The maximum Gasteiger partial charge on any atom is 0.164 e. The second kappa shape index (κ2) is 6.66. The van der Waals surface area contributed by atoms with E-state index in [1.807, 2.05) is 0 Å². The molecule has 1 saturated carbocycles. The Morgan fingerprint density at radius 2 is 1.90 bits per heavy atom. The molecule has 2 rings (SSSR count). The lowest BCUT2D eigenvalue weighted by Crippen LogP contribution is -2.32. The van der Waals surface area contributed by atoms with Gasteiger partial charge in [-0.25, -0.2) is 8.78 Å². The van der Waals surface area contributed by atoms with Gasteiger partial charge in [0.2, 0.25) is 0 Å². The smallest absolute Gasteiger partial charge is 0.164 e. The van der Waals surface area contributed by atoms with Crippen molar-refractivity contribution in [1.29, 1.82) is 0 Å². The summed E-state index contributed by atoms with van der Waals surface area (Å²) in [5.74, 6) is -1.14. The molecule has 1 fully saturated rings. The van der Waals surface area contributed by atoms with E-state index in [1.165, 1.54) is 37.8 Å². The number of halogens is 2. The fourth-order valence-electron chi connectivity index (χ4n) is 3.26. The van der Waals surface area contributed by atoms with Gasteiger partial charge >= 0.3 is 0 Å². The van der Waals surface area contributed by atoms with Gasteiger partial charge in [-0.3, -0.25) is 0 Å². The highest BCUT2D eigenvalue weighted by molar-refractivity contribution is 5.26. The molecule has 0 aliphatic heterocycles. The number of rotatable bonds is 5. The van der Waals surface area contributed by atoms with E-state index in [-0.39, 0.29) is 5.56 Å². The second-order valence-corrected chi connectivity index (χ2v) is 6.07. The predicted molar refractivity (Wildman–Crippen MR) is 76.4 cm³/mol. The van der Waals surface area contributed by atoms with Crippen LogP contribution in [-0.4, -0.2) is 5.11 Å². The van der Waals surface area contributed by atoms with Crippen LogP contribution < -0.4 is 0 Å². The molecule has 0 amide bonds. The predicted octanol–water partition coefficient (Wildman–Crippen LogP) is 4.92. The van der Waals surface area contributed by atoms with E-state index in [0.717, 1.165) is 18.9 Å². The molecule has 0 radical (unpaired) electrons. The van der Waals surface area contributed by atoms with Gasteiger partial charge < -0.3 is 5.11 Å². The Bertz CT molecular complexity index is 437. The van der Waals surface area contributed by atoms with E-state index in [4.69, 9.17) is 0 Å². The summed E-state index contributed by atoms with van der Waals surface area (Å²) in [5, 5.41) is 10.6. The molecule has 20 heavy (non-hydrogen) atoms. The minimum absolute atomic E-state index is 0.129. The van der Waals surface area contributed by atoms with Gasteiger partial charge in [0.15, 0.2) is 11.6 Å². The summed E-state index contributed by atoms with van der Waals surface area (Å²) in [6, 6.07) is 4.08. The van der Waals surface area contributed by atoms with E-state index < -0.39 is 17.2 Å². The fraction of sp³-hybridized carbons (Fsp3) is 0.647. The highest BCUT2D eigenvalue weighted by Crippen LogP contribution is 2.42. The molecule has 0 aromatic heterocycles. The van der Waals surface area contributed by atoms with Crippen LogP contribution >= 0.6 is 0 Å². The summed E-state index contributed by atoms with van der Waals surface area (Å²) >= 11 is 0. The Kier molecular flexibility index (Phi) is 5.14. The van der Waals surface area contributed by atoms with Gasteiger partial charge in [-0.1, -0.05) is 44.7 Å². The molecule has 1 N–H and O–H groups in total. The molecule has 1 aromatic carbocycles. The molecule has 1 aliphatic carbocycles. The SMILES string of the molecule is CCCCCC1CCC(O)(c2cccc(F)c2F)CC1. The fourth-order valence-corrected chi connectivity index (χ4v) is 3.26. The number of unbranched alkanes of at least 4 members (excludes halogenated alkanes) is 2. The van der Waals surface area contributed by atoms with Crippen molar-refractivity contribution < 1.29 is 13.9 Å². The largest absolute Gasteiger partial charge is 0.385 e. The molecule has 0 saturated heterocycles. The van der Waals surface area contributed by atoms with Crippen molar-refractivity contribution in [2.75, 3.05) is 0 Å².